The van der Waals surface area contributed by atoms with E-state index < -0.39 is 0 Å². The monoisotopic (exact) mass is 249 g/mol. The van der Waals surface area contributed by atoms with Gasteiger partial charge in [-0.15, -0.1) is 0 Å². The van der Waals surface area contributed by atoms with E-state index in [1.165, 1.54) is 37.8 Å². The van der Waals surface area contributed by atoms with Gasteiger partial charge in [-0.3, -0.25) is 0 Å². The summed E-state index contributed by atoms with van der Waals surface area (Å²) < 4.78 is 8.10. The van der Waals surface area contributed by atoms with E-state index in [0.29, 0.717) is 12.1 Å². The molecule has 3 heterocycles. The van der Waals surface area contributed by atoms with Crippen molar-refractivity contribution in [2.24, 2.45) is 0 Å². The summed E-state index contributed by atoms with van der Waals surface area (Å²) in [5, 5.41) is 3.55. The number of aromatic nitrogens is 2. The first-order chi connectivity index (χ1) is 8.93. The number of imidazole rings is 1. The molecule has 1 aromatic heterocycles. The Bertz CT molecular complexity index is 365. The van der Waals surface area contributed by atoms with Crippen molar-refractivity contribution in [2.45, 2.75) is 57.2 Å². The lowest BCUT2D eigenvalue weighted by Gasteiger charge is -2.23. The molecule has 18 heavy (non-hydrogen) atoms. The van der Waals surface area contributed by atoms with Crippen LogP contribution < -0.4 is 5.32 Å². The molecule has 0 spiro atoms. The predicted octanol–water partition coefficient (Wildman–Crippen LogP) is 2.27. The fourth-order valence-corrected chi connectivity index (χ4v) is 3.06. The van der Waals surface area contributed by atoms with Gasteiger partial charge in [0.2, 0.25) is 0 Å². The maximum absolute atomic E-state index is 5.79. The lowest BCUT2D eigenvalue weighted by Crippen LogP contribution is -2.22. The predicted molar refractivity (Wildman–Crippen MR) is 70.4 cm³/mol. The van der Waals surface area contributed by atoms with Gasteiger partial charge in [0, 0.05) is 25.4 Å². The maximum Gasteiger partial charge on any atom is 0.0948 e. The first-order valence-electron chi connectivity index (χ1n) is 7.28. The van der Waals surface area contributed by atoms with Crippen LogP contribution in [0.4, 0.5) is 0 Å². The van der Waals surface area contributed by atoms with Crippen LogP contribution in [0.15, 0.2) is 12.5 Å². The van der Waals surface area contributed by atoms with Gasteiger partial charge >= 0.3 is 0 Å². The Balaban J connectivity index is 1.56. The Morgan fingerprint density at radius 3 is 3.11 bits per heavy atom. The highest BCUT2D eigenvalue weighted by molar-refractivity contribution is 5.07. The fourth-order valence-electron chi connectivity index (χ4n) is 3.06. The SMILES string of the molecule is c1ncn(CCC2CCCCO2)c1C1CCCN1. The minimum Gasteiger partial charge on any atom is -0.378 e. The second kappa shape index (κ2) is 5.85. The highest BCUT2D eigenvalue weighted by Crippen LogP contribution is 2.23. The standard InChI is InChI=1S/C14H23N3O/c1-2-9-18-12(4-1)6-8-17-11-15-10-14(17)13-5-3-7-16-13/h10-13,16H,1-9H2. The molecule has 4 nitrogen and oxygen atoms in total. The van der Waals surface area contributed by atoms with Crippen molar-refractivity contribution >= 4 is 0 Å². The molecular weight excluding hydrogens is 226 g/mol. The molecule has 2 fully saturated rings. The van der Waals surface area contributed by atoms with E-state index >= 15 is 0 Å². The highest BCUT2D eigenvalue weighted by atomic mass is 16.5. The molecule has 1 aromatic rings. The summed E-state index contributed by atoms with van der Waals surface area (Å²) in [4.78, 5) is 4.31. The zero-order valence-corrected chi connectivity index (χ0v) is 11.0. The number of nitrogens with zero attached hydrogens (tertiary/aromatic N) is 2. The normalized spacial score (nSPS) is 28.7. The van der Waals surface area contributed by atoms with Crippen LogP contribution in [0.2, 0.25) is 0 Å². The third-order valence-corrected chi connectivity index (χ3v) is 4.13. The topological polar surface area (TPSA) is 39.1 Å². The van der Waals surface area contributed by atoms with Crippen LogP contribution in [0, 0.1) is 0 Å². The molecule has 0 amide bonds. The van der Waals surface area contributed by atoms with Crippen molar-refractivity contribution in [3.05, 3.63) is 18.2 Å². The first-order valence-corrected chi connectivity index (χ1v) is 7.28. The van der Waals surface area contributed by atoms with Crippen LogP contribution in [0.5, 0.6) is 0 Å². The summed E-state index contributed by atoms with van der Waals surface area (Å²) in [6.07, 6.45) is 11.9. The van der Waals surface area contributed by atoms with Crippen molar-refractivity contribution in [3.8, 4) is 0 Å². The molecule has 0 radical (unpaired) electrons. The van der Waals surface area contributed by atoms with Crippen LogP contribution in [-0.4, -0.2) is 28.8 Å². The molecule has 1 N–H and O–H groups in total. The number of hydrogen-bond donors (Lipinski definition) is 1. The minimum atomic E-state index is 0.463. The van der Waals surface area contributed by atoms with E-state index in [1.54, 1.807) is 0 Å². The second-order valence-electron chi connectivity index (χ2n) is 5.44. The van der Waals surface area contributed by atoms with Gasteiger partial charge in [-0.1, -0.05) is 0 Å². The fraction of sp³-hybridized carbons (Fsp3) is 0.786. The Kier molecular flexibility index (Phi) is 3.96. The Labute approximate surface area is 109 Å². The quantitative estimate of drug-likeness (QED) is 0.889. The zero-order chi connectivity index (χ0) is 12.2. The van der Waals surface area contributed by atoms with E-state index in [9.17, 15) is 0 Å². The summed E-state index contributed by atoms with van der Waals surface area (Å²) >= 11 is 0. The van der Waals surface area contributed by atoms with Gasteiger partial charge in [-0.05, 0) is 45.1 Å². The lowest BCUT2D eigenvalue weighted by atomic mass is 10.1. The third kappa shape index (κ3) is 2.75. The molecule has 4 heteroatoms. The molecule has 0 aliphatic carbocycles. The summed E-state index contributed by atoms with van der Waals surface area (Å²) in [5.74, 6) is 0. The minimum absolute atomic E-state index is 0.463. The molecule has 3 rings (SSSR count). The molecule has 0 saturated carbocycles. The van der Waals surface area contributed by atoms with Gasteiger partial charge in [-0.25, -0.2) is 4.98 Å². The smallest absolute Gasteiger partial charge is 0.0948 e. The number of aryl methyl sites for hydroxylation is 1. The van der Waals surface area contributed by atoms with E-state index in [1.807, 2.05) is 12.5 Å². The zero-order valence-electron chi connectivity index (χ0n) is 11.0. The largest absolute Gasteiger partial charge is 0.378 e. The average molecular weight is 249 g/mol. The molecule has 2 atom stereocenters. The van der Waals surface area contributed by atoms with Crippen LogP contribution in [0.25, 0.3) is 0 Å². The van der Waals surface area contributed by atoms with Gasteiger partial charge in [0.25, 0.3) is 0 Å². The third-order valence-electron chi connectivity index (χ3n) is 4.13. The average Bonchev–Trinajstić information content (AvgIpc) is 3.08. The second-order valence-corrected chi connectivity index (χ2v) is 5.44. The number of rotatable bonds is 4. The van der Waals surface area contributed by atoms with Crippen molar-refractivity contribution in [1.29, 1.82) is 0 Å². The van der Waals surface area contributed by atoms with Crippen LogP contribution in [0.3, 0.4) is 0 Å². The van der Waals surface area contributed by atoms with Gasteiger partial charge in [0.05, 0.1) is 18.1 Å². The summed E-state index contributed by atoms with van der Waals surface area (Å²) in [6.45, 7) is 3.13. The molecule has 2 aliphatic heterocycles. The van der Waals surface area contributed by atoms with Gasteiger partial charge in [0.1, 0.15) is 0 Å². The highest BCUT2D eigenvalue weighted by Gasteiger charge is 2.20. The molecule has 2 aliphatic rings. The van der Waals surface area contributed by atoms with Gasteiger partial charge in [-0.2, -0.15) is 0 Å². The summed E-state index contributed by atoms with van der Waals surface area (Å²) in [6, 6.07) is 0.514. The van der Waals surface area contributed by atoms with Crippen LogP contribution in [0.1, 0.15) is 50.3 Å². The van der Waals surface area contributed by atoms with Crippen LogP contribution >= 0.6 is 0 Å². The van der Waals surface area contributed by atoms with Crippen molar-refractivity contribution in [1.82, 2.24) is 14.9 Å². The van der Waals surface area contributed by atoms with Crippen LogP contribution in [-0.2, 0) is 11.3 Å². The Morgan fingerprint density at radius 2 is 2.33 bits per heavy atom. The lowest BCUT2D eigenvalue weighted by molar-refractivity contribution is 0.00865. The number of ether oxygens (including phenoxy) is 1. The van der Waals surface area contributed by atoms with Crippen molar-refractivity contribution in [2.75, 3.05) is 13.2 Å². The molecular formula is C14H23N3O. The van der Waals surface area contributed by atoms with E-state index in [2.05, 4.69) is 14.9 Å². The molecule has 2 unspecified atom stereocenters. The molecule has 0 aromatic carbocycles. The maximum atomic E-state index is 5.79. The van der Waals surface area contributed by atoms with Crippen molar-refractivity contribution < 1.29 is 4.74 Å². The first kappa shape index (κ1) is 12.2. The summed E-state index contributed by atoms with van der Waals surface area (Å²) in [7, 11) is 0. The van der Waals surface area contributed by atoms with Gasteiger partial charge in [0.15, 0.2) is 0 Å². The Hall–Kier alpha value is -0.870. The van der Waals surface area contributed by atoms with E-state index in [0.717, 1.165) is 26.1 Å². The summed E-state index contributed by atoms with van der Waals surface area (Å²) in [5.41, 5.74) is 1.35. The molecule has 0 bridgehead atoms. The van der Waals surface area contributed by atoms with E-state index in [4.69, 9.17) is 4.74 Å². The Morgan fingerprint density at radius 1 is 1.33 bits per heavy atom. The van der Waals surface area contributed by atoms with Gasteiger partial charge < -0.3 is 14.6 Å². The van der Waals surface area contributed by atoms with Crippen molar-refractivity contribution in [3.63, 3.8) is 0 Å². The molecule has 100 valence electrons. The molecule has 2 saturated heterocycles. The number of nitrogens with one attached hydrogen (secondary N) is 1. The number of hydrogen-bond acceptors (Lipinski definition) is 3. The van der Waals surface area contributed by atoms with E-state index in [-0.39, 0.29) is 0 Å².